The quantitative estimate of drug-likeness (QED) is 0.729. The van der Waals surface area contributed by atoms with Gasteiger partial charge in [0.25, 0.3) is 0 Å². The molecule has 2 N–H and O–H groups in total. The van der Waals surface area contributed by atoms with Crippen molar-refractivity contribution >= 4 is 5.82 Å². The van der Waals surface area contributed by atoms with Crippen LogP contribution in [0.4, 0.5) is 5.82 Å². The van der Waals surface area contributed by atoms with Crippen LogP contribution in [0.5, 0.6) is 0 Å². The Hall–Kier alpha value is -2.72. The summed E-state index contributed by atoms with van der Waals surface area (Å²) in [6.45, 7) is 0. The van der Waals surface area contributed by atoms with Gasteiger partial charge in [-0.3, -0.25) is 4.98 Å². The van der Waals surface area contributed by atoms with Crippen LogP contribution in [-0.2, 0) is 0 Å². The highest BCUT2D eigenvalue weighted by Crippen LogP contribution is 2.30. The number of aliphatic hydroxyl groups excluding tert-OH is 1. The number of nitrogens with one attached hydrogen (secondary N) is 1. The van der Waals surface area contributed by atoms with Gasteiger partial charge in [0.2, 0.25) is 0 Å². The first-order chi connectivity index (χ1) is 12.8. The van der Waals surface area contributed by atoms with E-state index < -0.39 is 0 Å². The van der Waals surface area contributed by atoms with Gasteiger partial charge in [0, 0.05) is 17.2 Å². The zero-order valence-corrected chi connectivity index (χ0v) is 14.7. The van der Waals surface area contributed by atoms with Gasteiger partial charge >= 0.3 is 0 Å². The van der Waals surface area contributed by atoms with Crippen LogP contribution >= 0.6 is 0 Å². The van der Waals surface area contributed by atoms with E-state index in [1.807, 2.05) is 42.6 Å². The molecule has 0 spiro atoms. The monoisotopic (exact) mass is 345 g/mol. The van der Waals surface area contributed by atoms with Gasteiger partial charge in [-0.15, -0.1) is 0 Å². The summed E-state index contributed by atoms with van der Waals surface area (Å²) in [5.74, 6) is 0.796. The zero-order valence-electron chi connectivity index (χ0n) is 14.7. The fourth-order valence-electron chi connectivity index (χ4n) is 3.49. The Morgan fingerprint density at radius 2 is 1.35 bits per heavy atom. The minimum atomic E-state index is -0.153. The molecule has 0 saturated heterocycles. The lowest BCUT2D eigenvalue weighted by molar-refractivity contribution is 0.126. The Balaban J connectivity index is 1.68. The highest BCUT2D eigenvalue weighted by Gasteiger charge is 2.20. The van der Waals surface area contributed by atoms with Gasteiger partial charge in [0.05, 0.1) is 23.7 Å². The molecule has 0 unspecified atom stereocenters. The predicted octanol–water partition coefficient (Wildman–Crippen LogP) is 4.53. The van der Waals surface area contributed by atoms with Crippen molar-refractivity contribution in [3.63, 3.8) is 0 Å². The van der Waals surface area contributed by atoms with E-state index in [1.165, 1.54) is 0 Å². The standard InChI is InChI=1S/C22H23N3O/c26-19-13-11-18(12-14-19)24-20-15-23-21(16-7-3-1-4-8-16)22(25-20)17-9-5-2-6-10-17/h1-10,15,18-19,26H,11-14H2,(H,24,25). The Bertz CT molecular complexity index is 844. The van der Waals surface area contributed by atoms with Crippen molar-refractivity contribution in [3.05, 3.63) is 66.9 Å². The van der Waals surface area contributed by atoms with Crippen molar-refractivity contribution in [1.82, 2.24) is 9.97 Å². The molecule has 3 aromatic rings. The Morgan fingerprint density at radius 1 is 0.769 bits per heavy atom. The van der Waals surface area contributed by atoms with Crippen molar-refractivity contribution in [2.45, 2.75) is 37.8 Å². The van der Waals surface area contributed by atoms with Crippen LogP contribution in [-0.4, -0.2) is 27.2 Å². The molecule has 1 aromatic heterocycles. The topological polar surface area (TPSA) is 58.0 Å². The molecule has 0 amide bonds. The average Bonchev–Trinajstić information content (AvgIpc) is 2.71. The van der Waals surface area contributed by atoms with Crippen molar-refractivity contribution in [3.8, 4) is 22.5 Å². The normalized spacial score (nSPS) is 19.9. The van der Waals surface area contributed by atoms with Gasteiger partial charge in [-0.1, -0.05) is 60.7 Å². The van der Waals surface area contributed by atoms with E-state index in [4.69, 9.17) is 9.97 Å². The molecule has 1 fully saturated rings. The molecule has 4 heteroatoms. The SMILES string of the molecule is OC1CCC(Nc2cnc(-c3ccccc3)c(-c3ccccc3)n2)CC1. The van der Waals surface area contributed by atoms with Gasteiger partial charge in [-0.25, -0.2) is 4.98 Å². The second kappa shape index (κ2) is 7.67. The van der Waals surface area contributed by atoms with Crippen molar-refractivity contribution in [2.24, 2.45) is 0 Å². The first kappa shape index (κ1) is 16.7. The molecule has 0 atom stereocenters. The highest BCUT2D eigenvalue weighted by atomic mass is 16.3. The zero-order chi connectivity index (χ0) is 17.8. The number of nitrogens with zero attached hydrogens (tertiary/aromatic N) is 2. The molecule has 132 valence electrons. The molecule has 0 bridgehead atoms. The molecule has 1 heterocycles. The first-order valence-corrected chi connectivity index (χ1v) is 9.22. The van der Waals surface area contributed by atoms with Crippen LogP contribution in [0.15, 0.2) is 66.9 Å². The predicted molar refractivity (Wildman–Crippen MR) is 105 cm³/mol. The van der Waals surface area contributed by atoms with Crippen molar-refractivity contribution in [1.29, 1.82) is 0 Å². The summed E-state index contributed by atoms with van der Waals surface area (Å²) in [5.41, 5.74) is 3.90. The van der Waals surface area contributed by atoms with E-state index in [1.54, 1.807) is 0 Å². The lowest BCUT2D eigenvalue weighted by Gasteiger charge is -2.26. The van der Waals surface area contributed by atoms with Gasteiger partial charge in [0.15, 0.2) is 0 Å². The van der Waals surface area contributed by atoms with E-state index in [2.05, 4.69) is 29.6 Å². The molecule has 4 rings (SSSR count). The Morgan fingerprint density at radius 3 is 1.96 bits per heavy atom. The van der Waals surface area contributed by atoms with E-state index in [9.17, 15) is 5.11 Å². The van der Waals surface area contributed by atoms with Crippen molar-refractivity contribution < 1.29 is 5.11 Å². The van der Waals surface area contributed by atoms with Gasteiger partial charge in [-0.05, 0) is 25.7 Å². The van der Waals surface area contributed by atoms with Gasteiger partial charge in [0.1, 0.15) is 5.82 Å². The second-order valence-corrected chi connectivity index (χ2v) is 6.83. The lowest BCUT2D eigenvalue weighted by Crippen LogP contribution is -2.28. The number of hydrogen-bond donors (Lipinski definition) is 2. The smallest absolute Gasteiger partial charge is 0.145 e. The van der Waals surface area contributed by atoms with Crippen LogP contribution < -0.4 is 5.32 Å². The minimum Gasteiger partial charge on any atom is -0.393 e. The molecule has 0 aliphatic heterocycles. The third kappa shape index (κ3) is 3.75. The summed E-state index contributed by atoms with van der Waals surface area (Å²) in [5, 5.41) is 13.2. The average molecular weight is 345 g/mol. The van der Waals surface area contributed by atoms with Crippen LogP contribution in [0, 0.1) is 0 Å². The fraction of sp³-hybridized carbons (Fsp3) is 0.273. The van der Waals surface area contributed by atoms with Gasteiger partial charge < -0.3 is 10.4 Å². The van der Waals surface area contributed by atoms with E-state index >= 15 is 0 Å². The lowest BCUT2D eigenvalue weighted by atomic mass is 9.93. The number of benzene rings is 2. The minimum absolute atomic E-state index is 0.153. The number of hydrogen-bond acceptors (Lipinski definition) is 4. The molecule has 1 saturated carbocycles. The summed E-state index contributed by atoms with van der Waals surface area (Å²) in [7, 11) is 0. The Kier molecular flexibility index (Phi) is 4.93. The Labute approximate surface area is 154 Å². The van der Waals surface area contributed by atoms with Gasteiger partial charge in [-0.2, -0.15) is 0 Å². The number of anilines is 1. The summed E-state index contributed by atoms with van der Waals surface area (Å²) in [6, 6.07) is 20.7. The largest absolute Gasteiger partial charge is 0.393 e. The molecule has 0 radical (unpaired) electrons. The molecule has 4 nitrogen and oxygen atoms in total. The maximum absolute atomic E-state index is 9.69. The summed E-state index contributed by atoms with van der Waals surface area (Å²) < 4.78 is 0. The van der Waals surface area contributed by atoms with Crippen LogP contribution in [0.25, 0.3) is 22.5 Å². The molecular weight excluding hydrogens is 322 g/mol. The molecule has 2 aromatic carbocycles. The summed E-state index contributed by atoms with van der Waals surface area (Å²) in [4.78, 5) is 9.63. The summed E-state index contributed by atoms with van der Waals surface area (Å²) in [6.07, 6.45) is 5.28. The molecule has 1 aliphatic carbocycles. The van der Waals surface area contributed by atoms with Crippen LogP contribution in [0.1, 0.15) is 25.7 Å². The van der Waals surface area contributed by atoms with Crippen LogP contribution in [0.3, 0.4) is 0 Å². The number of aromatic nitrogens is 2. The number of rotatable bonds is 4. The third-order valence-corrected chi connectivity index (χ3v) is 4.92. The second-order valence-electron chi connectivity index (χ2n) is 6.83. The fourth-order valence-corrected chi connectivity index (χ4v) is 3.49. The third-order valence-electron chi connectivity index (χ3n) is 4.92. The highest BCUT2D eigenvalue weighted by molar-refractivity contribution is 5.78. The van der Waals surface area contributed by atoms with E-state index in [0.29, 0.717) is 6.04 Å². The maximum atomic E-state index is 9.69. The van der Waals surface area contributed by atoms with Crippen LogP contribution in [0.2, 0.25) is 0 Å². The van der Waals surface area contributed by atoms with E-state index in [-0.39, 0.29) is 6.10 Å². The molecule has 1 aliphatic rings. The molecular formula is C22H23N3O. The van der Waals surface area contributed by atoms with Crippen molar-refractivity contribution in [2.75, 3.05) is 5.32 Å². The molecule has 26 heavy (non-hydrogen) atoms. The number of aliphatic hydroxyl groups is 1. The van der Waals surface area contributed by atoms with E-state index in [0.717, 1.165) is 54.0 Å². The maximum Gasteiger partial charge on any atom is 0.145 e. The summed E-state index contributed by atoms with van der Waals surface area (Å²) >= 11 is 0. The first-order valence-electron chi connectivity index (χ1n) is 9.22.